The van der Waals surface area contributed by atoms with Gasteiger partial charge >= 0.3 is 23.9 Å². The molecule has 0 aliphatic heterocycles. The van der Waals surface area contributed by atoms with Crippen molar-refractivity contribution >= 4 is 23.9 Å². The Morgan fingerprint density at radius 1 is 0.792 bits per heavy atom. The van der Waals surface area contributed by atoms with Crippen molar-refractivity contribution in [1.82, 2.24) is 5.32 Å². The van der Waals surface area contributed by atoms with E-state index in [1.54, 1.807) is 0 Å². The van der Waals surface area contributed by atoms with Gasteiger partial charge in [-0.05, 0) is 0 Å². The molecule has 0 radical (unpaired) electrons. The number of aliphatic carboxylic acids is 4. The number of carboxylic acid groups (broad SMARTS) is 4. The molecular weight excluding hydrogens is 332 g/mol. The Hall–Kier alpha value is -2.28. The normalized spacial score (nSPS) is 12.7. The van der Waals surface area contributed by atoms with Gasteiger partial charge in [0.2, 0.25) is 5.91 Å². The van der Waals surface area contributed by atoms with Gasteiger partial charge in [0.05, 0.1) is 36.8 Å². The summed E-state index contributed by atoms with van der Waals surface area (Å²) in [6.45, 7) is 0.716. The van der Waals surface area contributed by atoms with Crippen LogP contribution >= 0.6 is 0 Å². The molecule has 24 heavy (non-hydrogen) atoms. The van der Waals surface area contributed by atoms with Crippen molar-refractivity contribution < 1.29 is 49.8 Å². The zero-order valence-corrected chi connectivity index (χ0v) is 12.7. The highest BCUT2D eigenvalue weighted by Gasteiger charge is 2.55. The fourth-order valence-corrected chi connectivity index (χ4v) is 2.54. The zero-order valence-electron chi connectivity index (χ0n) is 12.7. The van der Waals surface area contributed by atoms with Gasteiger partial charge in [-0.25, -0.2) is 0 Å². The quantitative estimate of drug-likeness (QED) is 0.181. The molecule has 12 heteroatoms. The summed E-state index contributed by atoms with van der Waals surface area (Å²) in [7, 11) is 0. The lowest BCUT2D eigenvalue weighted by Crippen LogP contribution is -2.74. The van der Waals surface area contributed by atoms with Gasteiger partial charge < -0.3 is 36.4 Å². The second kappa shape index (κ2) is 7.53. The Morgan fingerprint density at radius 3 is 1.29 bits per heavy atom. The maximum absolute atomic E-state index is 11.2. The van der Waals surface area contributed by atoms with Gasteiger partial charge in [-0.2, -0.15) is 0 Å². The van der Waals surface area contributed by atoms with E-state index in [0.29, 0.717) is 6.92 Å². The standard InChI is InChI=1S/C12H20N2O10/c1-10(23,24)14-12(4-8(19)20,5-9(21)22)11(13,2-6(15)16)3-7(17)18/h14,23-24H,2-5,13H2,1H3,(H,15,16)(H,17,18)(H,19,20)(H,21,22). The van der Waals surface area contributed by atoms with Crippen LogP contribution in [0.25, 0.3) is 0 Å². The van der Waals surface area contributed by atoms with Gasteiger partial charge in [-0.15, -0.1) is 0 Å². The minimum absolute atomic E-state index is 0.716. The van der Waals surface area contributed by atoms with Crippen molar-refractivity contribution in [3.8, 4) is 0 Å². The van der Waals surface area contributed by atoms with Crippen molar-refractivity contribution in [1.29, 1.82) is 0 Å². The first-order chi connectivity index (χ1) is 10.6. The molecule has 9 N–H and O–H groups in total. The molecule has 0 aromatic heterocycles. The smallest absolute Gasteiger partial charge is 0.305 e. The van der Waals surface area contributed by atoms with Crippen LogP contribution in [0.1, 0.15) is 32.6 Å². The maximum Gasteiger partial charge on any atom is 0.305 e. The first-order valence-electron chi connectivity index (χ1n) is 6.53. The predicted octanol–water partition coefficient (Wildman–Crippen LogP) is -2.43. The van der Waals surface area contributed by atoms with E-state index in [-0.39, 0.29) is 0 Å². The van der Waals surface area contributed by atoms with Crippen LogP contribution in [0.3, 0.4) is 0 Å². The molecule has 0 aromatic rings. The molecule has 0 rings (SSSR count). The summed E-state index contributed by atoms with van der Waals surface area (Å²) in [6.07, 6.45) is -4.62. The van der Waals surface area contributed by atoms with Gasteiger partial charge in [0.1, 0.15) is 0 Å². The fraction of sp³-hybridized carbons (Fsp3) is 0.667. The molecule has 0 atom stereocenters. The van der Waals surface area contributed by atoms with E-state index in [0.717, 1.165) is 0 Å². The molecule has 0 aliphatic carbocycles. The van der Waals surface area contributed by atoms with Gasteiger partial charge in [-0.3, -0.25) is 24.5 Å². The molecule has 0 saturated carbocycles. The van der Waals surface area contributed by atoms with Crippen LogP contribution in [0.2, 0.25) is 0 Å². The number of hydrogen-bond donors (Lipinski definition) is 8. The first kappa shape index (κ1) is 21.7. The monoisotopic (exact) mass is 352 g/mol. The van der Waals surface area contributed by atoms with Crippen molar-refractivity contribution in [3.05, 3.63) is 0 Å². The number of hydrogen-bond acceptors (Lipinski definition) is 8. The van der Waals surface area contributed by atoms with E-state index in [9.17, 15) is 29.4 Å². The molecule has 0 fully saturated rings. The van der Waals surface area contributed by atoms with E-state index in [2.05, 4.69) is 0 Å². The van der Waals surface area contributed by atoms with Gasteiger partial charge in [-0.1, -0.05) is 0 Å². The number of carbonyl (C=O) groups is 4. The van der Waals surface area contributed by atoms with Crippen LogP contribution in [0.4, 0.5) is 0 Å². The average molecular weight is 352 g/mol. The summed E-state index contributed by atoms with van der Waals surface area (Å²) < 4.78 is 0. The Balaban J connectivity index is 6.39. The molecule has 0 heterocycles. The Labute approximate surface area is 135 Å². The maximum atomic E-state index is 11.2. The summed E-state index contributed by atoms with van der Waals surface area (Å²) in [6, 6.07) is 0. The second-order valence-corrected chi connectivity index (χ2v) is 5.67. The lowest BCUT2D eigenvalue weighted by Gasteiger charge is -2.48. The summed E-state index contributed by atoms with van der Waals surface area (Å²) in [5.74, 6) is -9.42. The average Bonchev–Trinajstić information content (AvgIpc) is 2.20. The summed E-state index contributed by atoms with van der Waals surface area (Å²) in [4.78, 5) is 44.4. The Morgan fingerprint density at radius 2 is 1.08 bits per heavy atom. The lowest BCUT2D eigenvalue weighted by atomic mass is 9.68. The lowest BCUT2D eigenvalue weighted by molar-refractivity contribution is -0.199. The molecule has 138 valence electrons. The van der Waals surface area contributed by atoms with Crippen LogP contribution in [0.15, 0.2) is 0 Å². The number of carboxylic acids is 4. The number of aliphatic hydroxyl groups is 2. The third kappa shape index (κ3) is 6.45. The van der Waals surface area contributed by atoms with E-state index in [4.69, 9.17) is 26.2 Å². The zero-order chi connectivity index (χ0) is 19.3. The minimum atomic E-state index is -2.85. The van der Waals surface area contributed by atoms with Crippen LogP contribution in [-0.2, 0) is 19.2 Å². The van der Waals surface area contributed by atoms with E-state index < -0.39 is 66.5 Å². The molecule has 0 amide bonds. The summed E-state index contributed by atoms with van der Waals surface area (Å²) in [5.41, 5.74) is 0.859. The molecule has 0 saturated heterocycles. The SMILES string of the molecule is CC(O)(O)NC(CC(=O)O)(CC(=O)O)C(N)(CC(=O)O)CC(=O)O. The highest BCUT2D eigenvalue weighted by Crippen LogP contribution is 2.35. The molecule has 0 spiro atoms. The first-order valence-corrected chi connectivity index (χ1v) is 6.53. The largest absolute Gasteiger partial charge is 0.481 e. The van der Waals surface area contributed by atoms with E-state index in [1.165, 1.54) is 0 Å². The number of nitrogens with one attached hydrogen (secondary N) is 1. The van der Waals surface area contributed by atoms with Crippen LogP contribution in [0, 0.1) is 0 Å². The highest BCUT2D eigenvalue weighted by molar-refractivity contribution is 5.78. The Bertz CT molecular complexity index is 492. The van der Waals surface area contributed by atoms with Crippen molar-refractivity contribution in [3.63, 3.8) is 0 Å². The molecule has 0 bridgehead atoms. The molecular formula is C12H20N2O10. The van der Waals surface area contributed by atoms with E-state index in [1.807, 2.05) is 5.32 Å². The van der Waals surface area contributed by atoms with Crippen LogP contribution in [-0.4, -0.2) is 71.5 Å². The van der Waals surface area contributed by atoms with Gasteiger partial charge in [0.15, 0.2) is 0 Å². The van der Waals surface area contributed by atoms with Crippen molar-refractivity contribution in [2.45, 2.75) is 49.6 Å². The molecule has 0 unspecified atom stereocenters. The number of nitrogens with two attached hydrogens (primary N) is 1. The van der Waals surface area contributed by atoms with Gasteiger partial charge in [0.25, 0.3) is 0 Å². The minimum Gasteiger partial charge on any atom is -0.481 e. The van der Waals surface area contributed by atoms with Crippen molar-refractivity contribution in [2.24, 2.45) is 5.73 Å². The van der Waals surface area contributed by atoms with Crippen molar-refractivity contribution in [2.75, 3.05) is 0 Å². The van der Waals surface area contributed by atoms with Gasteiger partial charge in [0, 0.05) is 6.92 Å². The third-order valence-corrected chi connectivity index (χ3v) is 3.27. The predicted molar refractivity (Wildman–Crippen MR) is 74.6 cm³/mol. The third-order valence-electron chi connectivity index (χ3n) is 3.27. The molecule has 0 aliphatic rings. The van der Waals surface area contributed by atoms with Crippen LogP contribution in [0.5, 0.6) is 0 Å². The number of rotatable bonds is 11. The Kier molecular flexibility index (Phi) is 6.81. The molecule has 0 aromatic carbocycles. The fourth-order valence-electron chi connectivity index (χ4n) is 2.54. The molecule has 12 nitrogen and oxygen atoms in total. The summed E-state index contributed by atoms with van der Waals surface area (Å²) >= 11 is 0. The topological polar surface area (TPSA) is 228 Å². The highest BCUT2D eigenvalue weighted by atomic mass is 16.5. The second-order valence-electron chi connectivity index (χ2n) is 5.67. The van der Waals surface area contributed by atoms with Crippen LogP contribution < -0.4 is 11.1 Å². The summed E-state index contributed by atoms with van der Waals surface area (Å²) in [5, 5.41) is 56.9. The van der Waals surface area contributed by atoms with E-state index >= 15 is 0 Å².